The Morgan fingerprint density at radius 3 is 2.78 bits per heavy atom. The molecule has 1 heterocycles. The highest BCUT2D eigenvalue weighted by molar-refractivity contribution is 6.32. The van der Waals surface area contributed by atoms with Crippen LogP contribution in [-0.2, 0) is 6.42 Å². The van der Waals surface area contributed by atoms with Crippen LogP contribution in [0, 0.1) is 0 Å². The van der Waals surface area contributed by atoms with Crippen molar-refractivity contribution in [1.82, 2.24) is 9.78 Å². The molecule has 2 aromatic rings. The van der Waals surface area contributed by atoms with E-state index < -0.39 is 0 Å². The van der Waals surface area contributed by atoms with Crippen LogP contribution >= 0.6 is 23.2 Å². The minimum absolute atomic E-state index is 0.119. The van der Waals surface area contributed by atoms with Gasteiger partial charge >= 0.3 is 0 Å². The molecule has 0 bridgehead atoms. The molecule has 0 spiro atoms. The first-order valence-corrected chi connectivity index (χ1v) is 6.61. The van der Waals surface area contributed by atoms with Gasteiger partial charge in [0.2, 0.25) is 0 Å². The van der Waals surface area contributed by atoms with Crippen LogP contribution < -0.4 is 5.73 Å². The fourth-order valence-corrected chi connectivity index (χ4v) is 2.25. The summed E-state index contributed by atoms with van der Waals surface area (Å²) in [5.41, 5.74) is 7.95. The van der Waals surface area contributed by atoms with Crippen molar-refractivity contribution < 1.29 is 0 Å². The quantitative estimate of drug-likeness (QED) is 0.934. The van der Waals surface area contributed by atoms with Gasteiger partial charge in [0.25, 0.3) is 0 Å². The predicted octanol–water partition coefficient (Wildman–Crippen LogP) is 3.46. The normalized spacial score (nSPS) is 12.7. The summed E-state index contributed by atoms with van der Waals surface area (Å²) in [6.07, 6.45) is 5.02. The van der Waals surface area contributed by atoms with E-state index in [9.17, 15) is 0 Å². The molecule has 1 atom stereocenters. The number of aromatic nitrogens is 2. The molecule has 3 nitrogen and oxygen atoms in total. The molecule has 18 heavy (non-hydrogen) atoms. The standard InChI is InChI=1S/C13H15Cl2N3/c1-2-11(16)6-9-4-3-5-12(15)13(9)18-8-10(14)7-17-18/h3-5,7-8,11H,2,6,16H2,1H3. The van der Waals surface area contributed by atoms with Crippen LogP contribution in [0.5, 0.6) is 0 Å². The Morgan fingerprint density at radius 1 is 1.39 bits per heavy atom. The van der Waals surface area contributed by atoms with Crippen molar-refractivity contribution in [2.75, 3.05) is 0 Å². The number of hydrogen-bond acceptors (Lipinski definition) is 2. The molecule has 0 radical (unpaired) electrons. The number of nitrogens with zero attached hydrogens (tertiary/aromatic N) is 2. The summed E-state index contributed by atoms with van der Waals surface area (Å²) < 4.78 is 1.70. The van der Waals surface area contributed by atoms with Gasteiger partial charge in [0, 0.05) is 12.2 Å². The van der Waals surface area contributed by atoms with Crippen molar-refractivity contribution in [3.63, 3.8) is 0 Å². The van der Waals surface area contributed by atoms with E-state index in [1.165, 1.54) is 0 Å². The minimum Gasteiger partial charge on any atom is -0.327 e. The van der Waals surface area contributed by atoms with Gasteiger partial charge in [-0.1, -0.05) is 42.3 Å². The maximum atomic E-state index is 6.26. The summed E-state index contributed by atoms with van der Waals surface area (Å²) in [6.45, 7) is 2.07. The predicted molar refractivity (Wildman–Crippen MR) is 75.6 cm³/mol. The number of hydrogen-bond donors (Lipinski definition) is 1. The van der Waals surface area contributed by atoms with E-state index in [0.29, 0.717) is 10.0 Å². The van der Waals surface area contributed by atoms with Gasteiger partial charge in [-0.15, -0.1) is 0 Å². The summed E-state index contributed by atoms with van der Waals surface area (Å²) in [7, 11) is 0. The first-order valence-electron chi connectivity index (χ1n) is 5.85. The Kier molecular flexibility index (Phi) is 4.27. The van der Waals surface area contributed by atoms with Gasteiger partial charge in [-0.2, -0.15) is 5.10 Å². The highest BCUT2D eigenvalue weighted by Crippen LogP contribution is 2.26. The van der Waals surface area contributed by atoms with Crippen LogP contribution in [0.15, 0.2) is 30.6 Å². The lowest BCUT2D eigenvalue weighted by Gasteiger charge is -2.14. The lowest BCUT2D eigenvalue weighted by molar-refractivity contribution is 0.642. The number of para-hydroxylation sites is 1. The van der Waals surface area contributed by atoms with Crippen LogP contribution in [-0.4, -0.2) is 15.8 Å². The molecule has 0 amide bonds. The van der Waals surface area contributed by atoms with Gasteiger partial charge < -0.3 is 5.73 Å². The van der Waals surface area contributed by atoms with Gasteiger partial charge in [0.05, 0.1) is 21.9 Å². The zero-order chi connectivity index (χ0) is 13.1. The van der Waals surface area contributed by atoms with E-state index in [2.05, 4.69) is 12.0 Å². The van der Waals surface area contributed by atoms with E-state index in [1.807, 2.05) is 18.2 Å². The molecule has 5 heteroatoms. The van der Waals surface area contributed by atoms with Crippen molar-refractivity contribution in [2.24, 2.45) is 5.73 Å². The molecule has 1 unspecified atom stereocenters. The monoisotopic (exact) mass is 283 g/mol. The number of nitrogens with two attached hydrogens (primary N) is 1. The van der Waals surface area contributed by atoms with Crippen molar-refractivity contribution in [1.29, 1.82) is 0 Å². The van der Waals surface area contributed by atoms with Crippen LogP contribution in [0.3, 0.4) is 0 Å². The van der Waals surface area contributed by atoms with Crippen LogP contribution in [0.1, 0.15) is 18.9 Å². The summed E-state index contributed by atoms with van der Waals surface area (Å²) in [5.74, 6) is 0. The van der Waals surface area contributed by atoms with E-state index >= 15 is 0 Å². The minimum atomic E-state index is 0.119. The molecule has 0 fully saturated rings. The topological polar surface area (TPSA) is 43.8 Å². The van der Waals surface area contributed by atoms with E-state index in [-0.39, 0.29) is 6.04 Å². The second-order valence-corrected chi connectivity index (χ2v) is 5.07. The molecular weight excluding hydrogens is 269 g/mol. The number of rotatable bonds is 4. The van der Waals surface area contributed by atoms with Crippen LogP contribution in [0.2, 0.25) is 10.0 Å². The molecule has 0 saturated heterocycles. The first kappa shape index (κ1) is 13.4. The molecule has 0 aliphatic heterocycles. The molecule has 1 aromatic heterocycles. The lowest BCUT2D eigenvalue weighted by Crippen LogP contribution is -2.22. The maximum absolute atomic E-state index is 6.26. The average molecular weight is 284 g/mol. The van der Waals surface area contributed by atoms with Crippen LogP contribution in [0.25, 0.3) is 5.69 Å². The van der Waals surface area contributed by atoms with Crippen molar-refractivity contribution in [3.8, 4) is 5.69 Å². The van der Waals surface area contributed by atoms with E-state index in [4.69, 9.17) is 28.9 Å². The molecule has 0 saturated carbocycles. The van der Waals surface area contributed by atoms with E-state index in [1.54, 1.807) is 17.1 Å². The number of halogens is 2. The summed E-state index contributed by atoms with van der Waals surface area (Å²) in [4.78, 5) is 0. The second-order valence-electron chi connectivity index (χ2n) is 4.22. The number of benzene rings is 1. The second kappa shape index (κ2) is 5.74. The van der Waals surface area contributed by atoms with Gasteiger partial charge in [-0.05, 0) is 24.5 Å². The maximum Gasteiger partial charge on any atom is 0.0864 e. The third kappa shape index (κ3) is 2.86. The highest BCUT2D eigenvalue weighted by Gasteiger charge is 2.12. The molecule has 2 N–H and O–H groups in total. The first-order chi connectivity index (χ1) is 8.61. The summed E-state index contributed by atoms with van der Waals surface area (Å²) >= 11 is 12.2. The molecule has 0 aliphatic carbocycles. The van der Waals surface area contributed by atoms with Gasteiger partial charge in [-0.25, -0.2) is 4.68 Å². The van der Waals surface area contributed by atoms with Gasteiger partial charge in [0.15, 0.2) is 0 Å². The SMILES string of the molecule is CCC(N)Cc1cccc(Cl)c1-n1cc(Cl)cn1. The van der Waals surface area contributed by atoms with E-state index in [0.717, 1.165) is 24.1 Å². The third-order valence-electron chi connectivity index (χ3n) is 2.86. The van der Waals surface area contributed by atoms with Crippen molar-refractivity contribution >= 4 is 23.2 Å². The Hall–Kier alpha value is -1.03. The third-order valence-corrected chi connectivity index (χ3v) is 3.36. The smallest absolute Gasteiger partial charge is 0.0864 e. The Morgan fingerprint density at radius 2 is 2.17 bits per heavy atom. The largest absolute Gasteiger partial charge is 0.327 e. The van der Waals surface area contributed by atoms with Crippen LogP contribution in [0.4, 0.5) is 0 Å². The Bertz CT molecular complexity index is 537. The Balaban J connectivity index is 2.44. The average Bonchev–Trinajstić information content (AvgIpc) is 2.75. The summed E-state index contributed by atoms with van der Waals surface area (Å²) in [6, 6.07) is 5.90. The van der Waals surface area contributed by atoms with Gasteiger partial charge in [-0.3, -0.25) is 0 Å². The summed E-state index contributed by atoms with van der Waals surface area (Å²) in [5, 5.41) is 5.43. The molecular formula is C13H15Cl2N3. The van der Waals surface area contributed by atoms with Gasteiger partial charge in [0.1, 0.15) is 0 Å². The lowest BCUT2D eigenvalue weighted by atomic mass is 10.0. The van der Waals surface area contributed by atoms with Crippen molar-refractivity contribution in [2.45, 2.75) is 25.8 Å². The highest BCUT2D eigenvalue weighted by atomic mass is 35.5. The Labute approximate surface area is 117 Å². The fraction of sp³-hybridized carbons (Fsp3) is 0.308. The molecule has 2 rings (SSSR count). The zero-order valence-corrected chi connectivity index (χ0v) is 11.6. The fourth-order valence-electron chi connectivity index (χ4n) is 1.83. The zero-order valence-electron chi connectivity index (χ0n) is 10.1. The molecule has 96 valence electrons. The molecule has 1 aromatic carbocycles. The molecule has 0 aliphatic rings. The van der Waals surface area contributed by atoms with Crippen molar-refractivity contribution in [3.05, 3.63) is 46.2 Å².